The van der Waals surface area contributed by atoms with E-state index in [0.29, 0.717) is 23.3 Å². The van der Waals surface area contributed by atoms with E-state index < -0.39 is 0 Å². The predicted octanol–water partition coefficient (Wildman–Crippen LogP) is 0.976. The van der Waals surface area contributed by atoms with Gasteiger partial charge in [-0.1, -0.05) is 12.1 Å². The Bertz CT molecular complexity index is 843. The summed E-state index contributed by atoms with van der Waals surface area (Å²) >= 11 is 0. The number of rotatable bonds is 6. The third kappa shape index (κ3) is 3.26. The van der Waals surface area contributed by atoms with Crippen LogP contribution in [0.4, 0.5) is 11.4 Å². The number of fused-ring (bicyclic) bond motifs is 1. The molecule has 3 aromatic rings. The number of nitrogens with one attached hydrogen (secondary N) is 2. The minimum absolute atomic E-state index is 0.181. The van der Waals surface area contributed by atoms with Gasteiger partial charge in [-0.15, -0.1) is 0 Å². The summed E-state index contributed by atoms with van der Waals surface area (Å²) in [7, 11) is 0. The molecule has 4 N–H and O–H groups in total. The molecule has 2 aromatic carbocycles. The average molecular weight is 310 g/mol. The molecule has 0 aliphatic rings. The van der Waals surface area contributed by atoms with Crippen molar-refractivity contribution in [1.29, 1.82) is 0 Å². The van der Waals surface area contributed by atoms with Crippen molar-refractivity contribution in [3.63, 3.8) is 0 Å². The quantitative estimate of drug-likeness (QED) is 0.463. The van der Waals surface area contributed by atoms with Crippen LogP contribution in [0.15, 0.2) is 42.5 Å². The smallest absolute Gasteiger partial charge is 0.232 e. The number of nitrogens with two attached hydrogens (primary N) is 1. The van der Waals surface area contributed by atoms with E-state index in [4.69, 9.17) is 5.73 Å². The molecule has 0 atom stereocenters. The van der Waals surface area contributed by atoms with Gasteiger partial charge in [0.25, 0.3) is 0 Å². The standard InChI is InChI=1S/C15H14N6O2/c16-15(23)7-10-1-3-11(4-2-10)19-21(9-22)12-5-6-13-14(8-12)18-20-17-13/h1-6,8-9,19H,7H2,(H2,16,23)(H,17,18,20). The summed E-state index contributed by atoms with van der Waals surface area (Å²) in [6.07, 6.45) is 0.846. The zero-order valence-electron chi connectivity index (χ0n) is 12.1. The topological polar surface area (TPSA) is 117 Å². The summed E-state index contributed by atoms with van der Waals surface area (Å²) in [5.41, 5.74) is 11.6. The molecule has 0 fully saturated rings. The molecular formula is C15H14N6O2. The van der Waals surface area contributed by atoms with Crippen LogP contribution in [0.25, 0.3) is 11.0 Å². The fourth-order valence-electron chi connectivity index (χ4n) is 2.17. The summed E-state index contributed by atoms with van der Waals surface area (Å²) in [5, 5.41) is 11.8. The molecule has 0 saturated carbocycles. The van der Waals surface area contributed by atoms with Crippen LogP contribution in [-0.2, 0) is 16.0 Å². The zero-order valence-corrected chi connectivity index (χ0v) is 12.1. The lowest BCUT2D eigenvalue weighted by Crippen LogP contribution is -2.28. The molecule has 0 saturated heterocycles. The van der Waals surface area contributed by atoms with E-state index in [1.54, 1.807) is 42.5 Å². The number of primary amides is 1. The lowest BCUT2D eigenvalue weighted by Gasteiger charge is -2.19. The number of benzene rings is 2. The second kappa shape index (κ2) is 6.14. The second-order valence-corrected chi connectivity index (χ2v) is 4.92. The number of amides is 2. The van der Waals surface area contributed by atoms with Gasteiger partial charge in [-0.3, -0.25) is 15.0 Å². The molecule has 1 aromatic heterocycles. The summed E-state index contributed by atoms with van der Waals surface area (Å²) < 4.78 is 0. The fourth-order valence-corrected chi connectivity index (χ4v) is 2.17. The van der Waals surface area contributed by atoms with Gasteiger partial charge in [0.1, 0.15) is 11.0 Å². The SMILES string of the molecule is NC(=O)Cc1ccc(NN(C=O)c2ccc3n[nH]nc3c2)cc1. The molecule has 23 heavy (non-hydrogen) atoms. The fraction of sp³-hybridized carbons (Fsp3) is 0.0667. The minimum Gasteiger partial charge on any atom is -0.369 e. The van der Waals surface area contributed by atoms with Crippen molar-refractivity contribution in [3.8, 4) is 0 Å². The van der Waals surface area contributed by atoms with Crippen molar-refractivity contribution in [3.05, 3.63) is 48.0 Å². The molecule has 0 unspecified atom stereocenters. The highest BCUT2D eigenvalue weighted by Gasteiger charge is 2.08. The molecule has 8 nitrogen and oxygen atoms in total. The van der Waals surface area contributed by atoms with Crippen LogP contribution in [0.5, 0.6) is 0 Å². The van der Waals surface area contributed by atoms with Gasteiger partial charge in [0.05, 0.1) is 17.8 Å². The molecule has 3 rings (SSSR count). The van der Waals surface area contributed by atoms with Crippen molar-refractivity contribution in [2.75, 3.05) is 10.4 Å². The van der Waals surface area contributed by atoms with Gasteiger partial charge in [-0.05, 0) is 35.9 Å². The number of aromatic amines is 1. The number of hydrogen-bond acceptors (Lipinski definition) is 5. The van der Waals surface area contributed by atoms with Crippen LogP contribution in [0.2, 0.25) is 0 Å². The Morgan fingerprint density at radius 3 is 2.61 bits per heavy atom. The number of hydrogen-bond donors (Lipinski definition) is 3. The van der Waals surface area contributed by atoms with Crippen molar-refractivity contribution in [1.82, 2.24) is 15.4 Å². The van der Waals surface area contributed by atoms with Crippen molar-refractivity contribution in [2.45, 2.75) is 6.42 Å². The molecule has 0 radical (unpaired) electrons. The van der Waals surface area contributed by atoms with E-state index in [9.17, 15) is 9.59 Å². The van der Waals surface area contributed by atoms with Crippen LogP contribution in [-0.4, -0.2) is 27.7 Å². The maximum atomic E-state index is 11.4. The number of H-pyrrole nitrogens is 1. The monoisotopic (exact) mass is 310 g/mol. The second-order valence-electron chi connectivity index (χ2n) is 4.92. The molecule has 116 valence electrons. The Morgan fingerprint density at radius 2 is 1.91 bits per heavy atom. The lowest BCUT2D eigenvalue weighted by molar-refractivity contribution is -0.117. The number of nitrogens with zero attached hydrogens (tertiary/aromatic N) is 3. The molecule has 0 aliphatic carbocycles. The Hall–Kier alpha value is -3.42. The Morgan fingerprint density at radius 1 is 1.17 bits per heavy atom. The van der Waals surface area contributed by atoms with Crippen molar-refractivity contribution < 1.29 is 9.59 Å². The molecular weight excluding hydrogens is 296 g/mol. The summed E-state index contributed by atoms with van der Waals surface area (Å²) in [5.74, 6) is -0.388. The van der Waals surface area contributed by atoms with Gasteiger partial charge in [0, 0.05) is 0 Å². The van der Waals surface area contributed by atoms with Gasteiger partial charge in [-0.25, -0.2) is 5.01 Å². The maximum absolute atomic E-state index is 11.4. The normalized spacial score (nSPS) is 10.4. The molecule has 2 amide bonds. The molecule has 0 aliphatic heterocycles. The van der Waals surface area contributed by atoms with Crippen molar-refractivity contribution >= 4 is 34.7 Å². The maximum Gasteiger partial charge on any atom is 0.232 e. The van der Waals surface area contributed by atoms with Gasteiger partial charge in [0.15, 0.2) is 0 Å². The number of aromatic nitrogens is 3. The van der Waals surface area contributed by atoms with Gasteiger partial charge < -0.3 is 5.73 Å². The molecule has 0 spiro atoms. The van der Waals surface area contributed by atoms with E-state index in [1.165, 1.54) is 5.01 Å². The molecule has 8 heteroatoms. The van der Waals surface area contributed by atoms with E-state index in [0.717, 1.165) is 11.1 Å². The van der Waals surface area contributed by atoms with Gasteiger partial charge in [-0.2, -0.15) is 15.4 Å². The first-order valence-corrected chi connectivity index (χ1v) is 6.84. The number of carbonyl (C=O) groups excluding carboxylic acids is 2. The van der Waals surface area contributed by atoms with Crippen LogP contribution in [0.1, 0.15) is 5.56 Å². The van der Waals surface area contributed by atoms with Crippen LogP contribution in [0, 0.1) is 0 Å². The van der Waals surface area contributed by atoms with E-state index in [1.807, 2.05) is 0 Å². The largest absolute Gasteiger partial charge is 0.369 e. The summed E-state index contributed by atoms with van der Waals surface area (Å²) in [6.45, 7) is 0. The Balaban J connectivity index is 1.78. The Kier molecular flexibility index (Phi) is 3.88. The number of anilines is 2. The third-order valence-corrected chi connectivity index (χ3v) is 3.27. The van der Waals surface area contributed by atoms with E-state index in [-0.39, 0.29) is 12.3 Å². The summed E-state index contributed by atoms with van der Waals surface area (Å²) in [4.78, 5) is 22.2. The minimum atomic E-state index is -0.388. The van der Waals surface area contributed by atoms with Gasteiger partial charge >= 0.3 is 0 Å². The molecule has 0 bridgehead atoms. The van der Waals surface area contributed by atoms with E-state index >= 15 is 0 Å². The van der Waals surface area contributed by atoms with E-state index in [2.05, 4.69) is 20.8 Å². The third-order valence-electron chi connectivity index (χ3n) is 3.27. The lowest BCUT2D eigenvalue weighted by atomic mass is 10.1. The van der Waals surface area contributed by atoms with Crippen LogP contribution in [0.3, 0.4) is 0 Å². The van der Waals surface area contributed by atoms with Crippen LogP contribution < -0.4 is 16.2 Å². The zero-order chi connectivity index (χ0) is 16.2. The first kappa shape index (κ1) is 14.5. The van der Waals surface area contributed by atoms with Crippen LogP contribution >= 0.6 is 0 Å². The van der Waals surface area contributed by atoms with Gasteiger partial charge in [0.2, 0.25) is 12.3 Å². The number of hydrazine groups is 1. The molecule has 1 heterocycles. The Labute approximate surface area is 131 Å². The summed E-state index contributed by atoms with van der Waals surface area (Å²) in [6, 6.07) is 12.3. The highest BCUT2D eigenvalue weighted by atomic mass is 16.1. The highest BCUT2D eigenvalue weighted by molar-refractivity contribution is 5.85. The average Bonchev–Trinajstić information content (AvgIpc) is 3.01. The first-order valence-electron chi connectivity index (χ1n) is 6.84. The predicted molar refractivity (Wildman–Crippen MR) is 85.4 cm³/mol. The first-order chi connectivity index (χ1) is 11.2. The number of carbonyl (C=O) groups is 2. The highest BCUT2D eigenvalue weighted by Crippen LogP contribution is 2.20. The van der Waals surface area contributed by atoms with Crippen molar-refractivity contribution in [2.24, 2.45) is 5.73 Å².